The van der Waals surface area contributed by atoms with Crippen LogP contribution in [0.1, 0.15) is 24.8 Å². The smallest absolute Gasteiger partial charge is 0.314 e. The third-order valence-electron chi connectivity index (χ3n) is 4.06. The lowest BCUT2D eigenvalue weighted by Gasteiger charge is -2.32. The molecule has 0 spiro atoms. The van der Waals surface area contributed by atoms with Crippen molar-refractivity contribution in [3.63, 3.8) is 0 Å². The highest BCUT2D eigenvalue weighted by Crippen LogP contribution is 2.19. The zero-order valence-corrected chi connectivity index (χ0v) is 12.5. The molecule has 0 radical (unpaired) electrons. The van der Waals surface area contributed by atoms with Crippen LogP contribution in [0.5, 0.6) is 0 Å². The van der Waals surface area contributed by atoms with Gasteiger partial charge >= 0.3 is 6.18 Å². The lowest BCUT2D eigenvalue weighted by atomic mass is 10.0. The number of hydrogen-bond acceptors (Lipinski definition) is 2. The maximum Gasteiger partial charge on any atom is 0.390 e. The summed E-state index contributed by atoms with van der Waals surface area (Å²) in [5.74, 6) is -0.227. The minimum atomic E-state index is -4.08. The van der Waals surface area contributed by atoms with Crippen molar-refractivity contribution >= 4 is 0 Å². The van der Waals surface area contributed by atoms with Gasteiger partial charge in [-0.1, -0.05) is 12.1 Å². The summed E-state index contributed by atoms with van der Waals surface area (Å²) in [6.45, 7) is 2.69. The van der Waals surface area contributed by atoms with Crippen molar-refractivity contribution in [1.82, 2.24) is 10.2 Å². The first kappa shape index (κ1) is 17.2. The van der Waals surface area contributed by atoms with E-state index in [4.69, 9.17) is 0 Å². The van der Waals surface area contributed by atoms with Crippen molar-refractivity contribution in [3.05, 3.63) is 35.6 Å². The van der Waals surface area contributed by atoms with E-state index in [1.54, 1.807) is 12.1 Å². The number of nitrogens with zero attached hydrogens (tertiary/aromatic N) is 1. The van der Waals surface area contributed by atoms with E-state index in [0.717, 1.165) is 44.5 Å². The van der Waals surface area contributed by atoms with Gasteiger partial charge in [-0.05, 0) is 50.0 Å². The summed E-state index contributed by atoms with van der Waals surface area (Å²) in [6, 6.07) is 6.70. The van der Waals surface area contributed by atoms with Crippen LogP contribution < -0.4 is 5.32 Å². The zero-order valence-electron chi connectivity index (χ0n) is 12.5. The van der Waals surface area contributed by atoms with E-state index in [-0.39, 0.29) is 18.4 Å². The molecular formula is C16H22F4N2. The minimum absolute atomic E-state index is 0.00372. The Bertz CT molecular complexity index is 436. The minimum Gasteiger partial charge on any atom is -0.314 e. The van der Waals surface area contributed by atoms with Gasteiger partial charge < -0.3 is 10.2 Å². The van der Waals surface area contributed by atoms with E-state index in [2.05, 4.69) is 10.2 Å². The van der Waals surface area contributed by atoms with Crippen LogP contribution in [0.2, 0.25) is 0 Å². The SMILES string of the molecule is Fc1ccc(CCN2CCC(NCCC(F)(F)F)CC2)cc1. The standard InChI is InChI=1S/C16H22F4N2/c17-14-3-1-13(2-4-14)5-10-22-11-6-15(7-12-22)21-9-8-16(18,19)20/h1-4,15,21H,5-12H2. The molecule has 2 nitrogen and oxygen atoms in total. The highest BCUT2D eigenvalue weighted by atomic mass is 19.4. The molecule has 1 N–H and O–H groups in total. The molecule has 1 fully saturated rings. The molecule has 0 atom stereocenters. The van der Waals surface area contributed by atoms with Crippen molar-refractivity contribution in [1.29, 1.82) is 0 Å². The van der Waals surface area contributed by atoms with Crippen molar-refractivity contribution in [2.24, 2.45) is 0 Å². The van der Waals surface area contributed by atoms with Crippen molar-refractivity contribution in [2.45, 2.75) is 37.9 Å². The molecule has 0 unspecified atom stereocenters. The van der Waals surface area contributed by atoms with Gasteiger partial charge in [0.05, 0.1) is 6.42 Å². The van der Waals surface area contributed by atoms with Gasteiger partial charge in [0.15, 0.2) is 0 Å². The average Bonchev–Trinajstić information content (AvgIpc) is 2.47. The summed E-state index contributed by atoms with van der Waals surface area (Å²) in [7, 11) is 0. The fraction of sp³-hybridized carbons (Fsp3) is 0.625. The molecule has 1 aliphatic heterocycles. The molecule has 1 heterocycles. The first-order valence-electron chi connectivity index (χ1n) is 7.69. The Morgan fingerprint density at radius 3 is 2.32 bits per heavy atom. The summed E-state index contributed by atoms with van der Waals surface area (Å²) >= 11 is 0. The Labute approximate surface area is 128 Å². The third kappa shape index (κ3) is 6.32. The second kappa shape index (κ2) is 7.92. The molecule has 0 amide bonds. The number of halogens is 4. The first-order valence-corrected chi connectivity index (χ1v) is 7.69. The molecular weight excluding hydrogens is 296 g/mol. The Morgan fingerprint density at radius 2 is 1.73 bits per heavy atom. The Morgan fingerprint density at radius 1 is 1.09 bits per heavy atom. The van der Waals surface area contributed by atoms with Crippen LogP contribution in [-0.2, 0) is 6.42 Å². The van der Waals surface area contributed by atoms with Crippen molar-refractivity contribution < 1.29 is 17.6 Å². The summed E-state index contributed by atoms with van der Waals surface area (Å²) in [6.07, 6.45) is -2.23. The fourth-order valence-corrected chi connectivity index (χ4v) is 2.72. The summed E-state index contributed by atoms with van der Waals surface area (Å²) < 4.78 is 49.1. The average molecular weight is 318 g/mol. The highest BCUT2D eigenvalue weighted by molar-refractivity contribution is 5.16. The van der Waals surface area contributed by atoms with Crippen molar-refractivity contribution in [2.75, 3.05) is 26.2 Å². The molecule has 0 saturated carbocycles. The lowest BCUT2D eigenvalue weighted by molar-refractivity contribution is -0.133. The summed E-state index contributed by atoms with van der Waals surface area (Å²) in [4.78, 5) is 2.31. The molecule has 2 rings (SSSR count). The quantitative estimate of drug-likeness (QED) is 0.809. The van der Waals surface area contributed by atoms with E-state index < -0.39 is 12.6 Å². The Hall–Kier alpha value is -1.14. The molecule has 6 heteroatoms. The molecule has 0 bridgehead atoms. The highest BCUT2D eigenvalue weighted by Gasteiger charge is 2.27. The van der Waals surface area contributed by atoms with E-state index in [1.165, 1.54) is 12.1 Å². The Balaban J connectivity index is 1.61. The topological polar surface area (TPSA) is 15.3 Å². The number of nitrogens with one attached hydrogen (secondary N) is 1. The van der Waals surface area contributed by atoms with E-state index in [0.29, 0.717) is 0 Å². The first-order chi connectivity index (χ1) is 10.4. The zero-order chi connectivity index (χ0) is 16.0. The van der Waals surface area contributed by atoms with Crippen LogP contribution in [0.15, 0.2) is 24.3 Å². The van der Waals surface area contributed by atoms with Gasteiger partial charge in [-0.15, -0.1) is 0 Å². The van der Waals surface area contributed by atoms with Crippen LogP contribution >= 0.6 is 0 Å². The van der Waals surface area contributed by atoms with Crippen LogP contribution in [-0.4, -0.2) is 43.3 Å². The van der Waals surface area contributed by atoms with Gasteiger partial charge in [-0.25, -0.2) is 4.39 Å². The predicted molar refractivity (Wildman–Crippen MR) is 78.2 cm³/mol. The molecule has 1 aliphatic rings. The van der Waals surface area contributed by atoms with Gasteiger partial charge in [-0.3, -0.25) is 0 Å². The van der Waals surface area contributed by atoms with Gasteiger partial charge in [0.1, 0.15) is 5.82 Å². The van der Waals surface area contributed by atoms with Crippen molar-refractivity contribution in [3.8, 4) is 0 Å². The monoisotopic (exact) mass is 318 g/mol. The molecule has 0 aliphatic carbocycles. The van der Waals surface area contributed by atoms with Gasteiger partial charge in [0.25, 0.3) is 0 Å². The van der Waals surface area contributed by atoms with Gasteiger partial charge in [-0.2, -0.15) is 13.2 Å². The van der Waals surface area contributed by atoms with Crippen LogP contribution in [0.4, 0.5) is 17.6 Å². The second-order valence-electron chi connectivity index (χ2n) is 5.81. The maximum absolute atomic E-state index is 12.8. The number of benzene rings is 1. The number of alkyl halides is 3. The normalized spacial score (nSPS) is 17.8. The largest absolute Gasteiger partial charge is 0.390 e. The van der Waals surface area contributed by atoms with Gasteiger partial charge in [0, 0.05) is 19.1 Å². The van der Waals surface area contributed by atoms with Gasteiger partial charge in [0.2, 0.25) is 0 Å². The lowest BCUT2D eigenvalue weighted by Crippen LogP contribution is -2.43. The predicted octanol–water partition coefficient (Wildman–Crippen LogP) is 3.37. The Kier molecular flexibility index (Phi) is 6.20. The van der Waals surface area contributed by atoms with Crippen LogP contribution in [0.25, 0.3) is 0 Å². The fourth-order valence-electron chi connectivity index (χ4n) is 2.72. The number of piperidine rings is 1. The molecule has 124 valence electrons. The number of rotatable bonds is 6. The van der Waals surface area contributed by atoms with Crippen LogP contribution in [0, 0.1) is 5.82 Å². The molecule has 1 saturated heterocycles. The van der Waals surface area contributed by atoms with E-state index in [1.807, 2.05) is 0 Å². The molecule has 0 aromatic heterocycles. The summed E-state index contributed by atoms with van der Waals surface area (Å²) in [5, 5.41) is 2.99. The third-order valence-corrected chi connectivity index (χ3v) is 4.06. The van der Waals surface area contributed by atoms with E-state index >= 15 is 0 Å². The maximum atomic E-state index is 12.8. The van der Waals surface area contributed by atoms with Crippen LogP contribution in [0.3, 0.4) is 0 Å². The summed E-state index contributed by atoms with van der Waals surface area (Å²) in [5.41, 5.74) is 1.10. The molecule has 1 aromatic rings. The molecule has 1 aromatic carbocycles. The number of likely N-dealkylation sites (tertiary alicyclic amines) is 1. The van der Waals surface area contributed by atoms with E-state index in [9.17, 15) is 17.6 Å². The second-order valence-corrected chi connectivity index (χ2v) is 5.81. The number of hydrogen-bond donors (Lipinski definition) is 1. The molecule has 22 heavy (non-hydrogen) atoms.